The van der Waals surface area contributed by atoms with Crippen molar-refractivity contribution in [1.82, 2.24) is 25.0 Å². The van der Waals surface area contributed by atoms with E-state index in [0.29, 0.717) is 24.3 Å². The first-order valence-corrected chi connectivity index (χ1v) is 10.1. The number of guanidine groups is 2. The average molecular weight is 392 g/mol. The Balaban J connectivity index is 1.65. The van der Waals surface area contributed by atoms with Crippen LogP contribution in [0.3, 0.4) is 0 Å². The van der Waals surface area contributed by atoms with Crippen molar-refractivity contribution in [2.75, 3.05) is 38.4 Å². The molecule has 0 bridgehead atoms. The van der Waals surface area contributed by atoms with E-state index in [-0.39, 0.29) is 5.96 Å². The second kappa shape index (κ2) is 9.29. The van der Waals surface area contributed by atoms with Crippen LogP contribution in [0.4, 0.5) is 5.13 Å². The van der Waals surface area contributed by atoms with Crippen molar-refractivity contribution in [1.29, 1.82) is 5.41 Å². The van der Waals surface area contributed by atoms with E-state index in [0.717, 1.165) is 17.2 Å². The molecule has 0 saturated heterocycles. The molecule has 1 aromatic rings. The van der Waals surface area contributed by atoms with E-state index < -0.39 is 11.5 Å². The Morgan fingerprint density at radius 1 is 1.62 bits per heavy atom. The Kier molecular flexibility index (Phi) is 7.39. The largest absolute Gasteiger partial charge is 0.571 e. The van der Waals surface area contributed by atoms with Crippen LogP contribution in [-0.2, 0) is 17.3 Å². The number of nitrogens with zero attached hydrogens (tertiary/aromatic N) is 4. The molecule has 0 fully saturated rings. The summed E-state index contributed by atoms with van der Waals surface area (Å²) in [5.74, 6) is 2.10. The van der Waals surface area contributed by atoms with Gasteiger partial charge in [-0.05, 0) is 4.41 Å². The number of rotatable bonds is 7. The molecule has 1 aliphatic heterocycles. The van der Waals surface area contributed by atoms with E-state index in [2.05, 4.69) is 25.4 Å². The van der Waals surface area contributed by atoms with Crippen molar-refractivity contribution in [3.63, 3.8) is 0 Å². The van der Waals surface area contributed by atoms with E-state index in [1.54, 1.807) is 23.2 Å². The normalized spacial score (nSPS) is 18.4. The van der Waals surface area contributed by atoms with Gasteiger partial charge in [0.15, 0.2) is 11.1 Å². The third-order valence-corrected chi connectivity index (χ3v) is 5.61. The van der Waals surface area contributed by atoms with Crippen LogP contribution in [-0.4, -0.2) is 63.8 Å². The highest BCUT2D eigenvalue weighted by molar-refractivity contribution is 7.98. The molecule has 1 atom stereocenters. The maximum Gasteiger partial charge on any atom is 0.251 e. The summed E-state index contributed by atoms with van der Waals surface area (Å²) in [7, 11) is 3.63. The number of aromatic nitrogens is 1. The lowest BCUT2D eigenvalue weighted by Crippen LogP contribution is -2.55. The molecule has 6 N–H and O–H groups in total. The van der Waals surface area contributed by atoms with E-state index in [4.69, 9.17) is 11.1 Å². The summed E-state index contributed by atoms with van der Waals surface area (Å²) in [5, 5.41) is 15.3. The zero-order valence-corrected chi connectivity index (χ0v) is 15.9. The lowest BCUT2D eigenvalue weighted by Gasteiger charge is -2.31. The monoisotopic (exact) mass is 391 g/mol. The molecular weight excluding hydrogens is 370 g/mol. The van der Waals surface area contributed by atoms with Crippen LogP contribution in [0.2, 0.25) is 0 Å². The molecule has 0 amide bonds. The number of thioether (sulfide) groups is 1. The number of nitrogens with two attached hydrogens (primary N) is 1. The summed E-state index contributed by atoms with van der Waals surface area (Å²) < 4.78 is 17.6. The van der Waals surface area contributed by atoms with Crippen molar-refractivity contribution < 1.29 is 4.55 Å². The smallest absolute Gasteiger partial charge is 0.251 e. The molecule has 0 saturated carbocycles. The molecule has 24 heavy (non-hydrogen) atoms. The van der Waals surface area contributed by atoms with Crippen LogP contribution in [0.25, 0.3) is 0 Å². The van der Waals surface area contributed by atoms with Gasteiger partial charge in [0, 0.05) is 41.9 Å². The lowest BCUT2D eigenvalue weighted by molar-refractivity contribution is 0.237. The van der Waals surface area contributed by atoms with E-state index in [1.165, 1.54) is 11.3 Å². The van der Waals surface area contributed by atoms with Crippen molar-refractivity contribution in [2.24, 2.45) is 10.1 Å². The molecule has 1 aliphatic rings. The first-order chi connectivity index (χ1) is 11.5. The summed E-state index contributed by atoms with van der Waals surface area (Å²) >= 11 is 1.71. The molecule has 0 aromatic carbocycles. The molecule has 13 heteroatoms. The maximum absolute atomic E-state index is 12.0. The summed E-state index contributed by atoms with van der Waals surface area (Å²) in [6.45, 7) is 1.17. The Morgan fingerprint density at radius 3 is 3.12 bits per heavy atom. The van der Waals surface area contributed by atoms with Gasteiger partial charge in [-0.1, -0.05) is 0 Å². The minimum atomic E-state index is -1.43. The SMILES string of the molecule is CNC1=N[S+]([O-])N(NCCSCc2csc(NC(=N)N)n2)CN1C. The van der Waals surface area contributed by atoms with Crippen molar-refractivity contribution in [3.05, 3.63) is 11.1 Å². The van der Waals surface area contributed by atoms with Gasteiger partial charge < -0.3 is 25.8 Å². The Morgan fingerprint density at radius 2 is 2.42 bits per heavy atom. The molecule has 1 aromatic heterocycles. The Hall–Kier alpha value is -1.25. The van der Waals surface area contributed by atoms with E-state index >= 15 is 0 Å². The summed E-state index contributed by atoms with van der Waals surface area (Å²) in [4.78, 5) is 6.21. The second-order valence-corrected chi connectivity index (χ2v) is 7.80. The third-order valence-electron chi connectivity index (χ3n) is 2.86. The summed E-state index contributed by atoms with van der Waals surface area (Å²) in [6.07, 6.45) is 0. The fourth-order valence-corrected chi connectivity index (χ4v) is 4.32. The Bertz CT molecular complexity index is 581. The van der Waals surface area contributed by atoms with Crippen molar-refractivity contribution >= 4 is 51.7 Å². The molecule has 10 nitrogen and oxygen atoms in total. The van der Waals surface area contributed by atoms with Crippen molar-refractivity contribution in [3.8, 4) is 0 Å². The highest BCUT2D eigenvalue weighted by atomic mass is 32.2. The van der Waals surface area contributed by atoms with Crippen LogP contribution < -0.4 is 21.8 Å². The van der Waals surface area contributed by atoms with Crippen molar-refractivity contribution in [2.45, 2.75) is 5.75 Å². The lowest BCUT2D eigenvalue weighted by atomic mass is 10.6. The van der Waals surface area contributed by atoms with Crippen LogP contribution in [0, 0.1) is 5.41 Å². The van der Waals surface area contributed by atoms with Crippen LogP contribution in [0.15, 0.2) is 9.78 Å². The van der Waals surface area contributed by atoms with Gasteiger partial charge in [-0.3, -0.25) is 5.41 Å². The average Bonchev–Trinajstić information content (AvgIpc) is 2.96. The highest BCUT2D eigenvalue weighted by Crippen LogP contribution is 2.19. The quantitative estimate of drug-likeness (QED) is 0.181. The number of hydrazine groups is 1. The number of hydrogen-bond acceptors (Lipinski definition) is 10. The van der Waals surface area contributed by atoms with E-state index in [9.17, 15) is 4.55 Å². The highest BCUT2D eigenvalue weighted by Gasteiger charge is 2.29. The second-order valence-electron chi connectivity index (χ2n) is 4.76. The summed E-state index contributed by atoms with van der Waals surface area (Å²) in [5.41, 5.74) is 9.33. The van der Waals surface area contributed by atoms with Gasteiger partial charge in [0.25, 0.3) is 5.96 Å². The minimum Gasteiger partial charge on any atom is -0.571 e. The van der Waals surface area contributed by atoms with Crippen LogP contribution in [0.1, 0.15) is 5.69 Å². The number of hydrogen-bond donors (Lipinski definition) is 5. The Labute approximate surface area is 152 Å². The fraction of sp³-hybridized carbons (Fsp3) is 0.545. The number of anilines is 1. The fourth-order valence-electron chi connectivity index (χ4n) is 1.81. The van der Waals surface area contributed by atoms with Gasteiger partial charge in [0.2, 0.25) is 11.5 Å². The first-order valence-electron chi connectivity index (χ1n) is 7.03. The van der Waals surface area contributed by atoms with Crippen LogP contribution in [0.5, 0.6) is 0 Å². The third kappa shape index (κ3) is 5.68. The standard InChI is InChI=1S/C11H21N9OS3/c1-14-10-18-24(21)20(7-19(10)2)15-3-4-22-5-8-6-23-11(16-8)17-9(12)13/h6,15H,3-5,7H2,1-2H3,(H,14,18)(H4,12,13,16,17). The molecule has 0 radical (unpaired) electrons. The van der Waals surface area contributed by atoms with Gasteiger partial charge >= 0.3 is 0 Å². The predicted molar refractivity (Wildman–Crippen MR) is 101 cm³/mol. The molecule has 134 valence electrons. The molecule has 1 unspecified atom stereocenters. The number of nitrogens with one attached hydrogen (secondary N) is 4. The van der Waals surface area contributed by atoms with Gasteiger partial charge in [-0.25, -0.2) is 10.4 Å². The topological polar surface area (TPSA) is 141 Å². The molecular formula is C11H21N9OS3. The molecule has 0 aliphatic carbocycles. The zero-order chi connectivity index (χ0) is 17.5. The molecule has 2 heterocycles. The van der Waals surface area contributed by atoms with Gasteiger partial charge in [0.1, 0.15) is 6.67 Å². The predicted octanol–water partition coefficient (Wildman–Crippen LogP) is -0.455. The zero-order valence-electron chi connectivity index (χ0n) is 13.4. The maximum atomic E-state index is 12.0. The molecule has 2 rings (SSSR count). The summed E-state index contributed by atoms with van der Waals surface area (Å²) in [6, 6.07) is 0. The van der Waals surface area contributed by atoms with Gasteiger partial charge in [-0.15, -0.1) is 11.3 Å². The van der Waals surface area contributed by atoms with Gasteiger partial charge in [0.05, 0.1) is 5.69 Å². The van der Waals surface area contributed by atoms with Gasteiger partial charge in [-0.2, -0.15) is 11.8 Å². The first kappa shape index (κ1) is 19.1. The number of thiazole rings is 1. The van der Waals surface area contributed by atoms with Crippen LogP contribution >= 0.6 is 23.1 Å². The molecule has 0 spiro atoms. The van der Waals surface area contributed by atoms with E-state index in [1.807, 2.05) is 17.3 Å². The minimum absolute atomic E-state index is 0.114.